The number of hydrogen-bond acceptors (Lipinski definition) is 5. The summed E-state index contributed by atoms with van der Waals surface area (Å²) >= 11 is 2.22. The summed E-state index contributed by atoms with van der Waals surface area (Å²) in [6, 6.07) is 0. The van der Waals surface area contributed by atoms with E-state index in [1.165, 1.54) is 6.33 Å². The molecule has 2 heterocycles. The van der Waals surface area contributed by atoms with E-state index < -0.39 is 0 Å². The van der Waals surface area contributed by atoms with Gasteiger partial charge in [-0.15, -0.1) is 0 Å². The van der Waals surface area contributed by atoms with Gasteiger partial charge < -0.3 is 10.5 Å². The van der Waals surface area contributed by atoms with E-state index in [-0.39, 0.29) is 17.0 Å². The summed E-state index contributed by atoms with van der Waals surface area (Å²) in [5, 5.41) is 0. The lowest BCUT2D eigenvalue weighted by atomic mass is 10.5. The van der Waals surface area contributed by atoms with Crippen molar-refractivity contribution in [3.8, 4) is 0 Å². The number of nitrogen functional groups attached to an aromatic ring is 1. The zero-order valence-corrected chi connectivity index (χ0v) is 10.5. The van der Waals surface area contributed by atoms with Crippen molar-refractivity contribution in [3.63, 3.8) is 0 Å². The Labute approximate surface area is 104 Å². The quantitative estimate of drug-likeness (QED) is 0.469. The van der Waals surface area contributed by atoms with E-state index in [4.69, 9.17) is 10.5 Å². The molecule has 2 rings (SSSR count). The minimum absolute atomic E-state index is 0.0770. The fourth-order valence-corrected chi connectivity index (χ4v) is 1.59. The summed E-state index contributed by atoms with van der Waals surface area (Å²) in [4.78, 5) is 21.8. The number of alkyl halides is 1. The number of H-pyrrole nitrogens is 1. The highest BCUT2D eigenvalue weighted by atomic mass is 127. The largest absolute Gasteiger partial charge is 0.369 e. The Kier molecular flexibility index (Phi) is 3.39. The minimum Gasteiger partial charge on any atom is -0.369 e. The van der Waals surface area contributed by atoms with Gasteiger partial charge in [0, 0.05) is 4.43 Å². The van der Waals surface area contributed by atoms with E-state index in [1.54, 1.807) is 4.57 Å². The molecule has 0 saturated carbocycles. The molecule has 86 valence electrons. The molecule has 0 bridgehead atoms. The van der Waals surface area contributed by atoms with E-state index in [2.05, 4.69) is 37.5 Å². The maximum atomic E-state index is 11.4. The third-order valence-corrected chi connectivity index (χ3v) is 2.39. The van der Waals surface area contributed by atoms with Gasteiger partial charge in [0.1, 0.15) is 6.73 Å². The van der Waals surface area contributed by atoms with Gasteiger partial charge in [-0.2, -0.15) is 4.98 Å². The van der Waals surface area contributed by atoms with Crippen LogP contribution in [0.15, 0.2) is 11.1 Å². The Morgan fingerprint density at radius 3 is 3.19 bits per heavy atom. The molecule has 0 radical (unpaired) electrons. The molecular weight excluding hydrogens is 325 g/mol. The Bertz CT molecular complexity index is 549. The number of aromatic amines is 1. The van der Waals surface area contributed by atoms with Gasteiger partial charge in [0.15, 0.2) is 11.2 Å². The second kappa shape index (κ2) is 4.78. The molecule has 0 amide bonds. The van der Waals surface area contributed by atoms with Crippen LogP contribution in [0.3, 0.4) is 0 Å². The number of nitrogens with zero attached hydrogens (tertiary/aromatic N) is 3. The molecule has 0 saturated heterocycles. The average Bonchev–Trinajstić information content (AvgIpc) is 2.62. The summed E-state index contributed by atoms with van der Waals surface area (Å²) in [6.07, 6.45) is 1.51. The molecule has 0 aliphatic heterocycles. The zero-order chi connectivity index (χ0) is 11.5. The lowest BCUT2D eigenvalue weighted by Crippen LogP contribution is -2.12. The molecule has 0 aromatic carbocycles. The summed E-state index contributed by atoms with van der Waals surface area (Å²) in [7, 11) is 0. The van der Waals surface area contributed by atoms with Crippen LogP contribution in [-0.4, -0.2) is 30.6 Å². The van der Waals surface area contributed by atoms with E-state index in [0.717, 1.165) is 4.43 Å². The van der Waals surface area contributed by atoms with E-state index in [0.29, 0.717) is 19.0 Å². The number of nitrogens with one attached hydrogen (secondary N) is 1. The molecule has 0 spiro atoms. The molecule has 0 unspecified atom stereocenters. The Morgan fingerprint density at radius 2 is 2.44 bits per heavy atom. The molecule has 0 fully saturated rings. The number of fused-ring (bicyclic) bond motifs is 1. The minimum atomic E-state index is -0.338. The van der Waals surface area contributed by atoms with Gasteiger partial charge in [0.05, 0.1) is 12.9 Å². The summed E-state index contributed by atoms with van der Waals surface area (Å²) in [5.41, 5.74) is 5.83. The number of nitrogens with two attached hydrogens (primary N) is 1. The van der Waals surface area contributed by atoms with Crippen molar-refractivity contribution in [1.82, 2.24) is 19.5 Å². The summed E-state index contributed by atoms with van der Waals surface area (Å²) < 4.78 is 7.89. The molecule has 7 nitrogen and oxygen atoms in total. The molecule has 8 heteroatoms. The van der Waals surface area contributed by atoms with Crippen molar-refractivity contribution in [2.75, 3.05) is 16.8 Å². The monoisotopic (exact) mass is 335 g/mol. The van der Waals surface area contributed by atoms with Crippen LogP contribution < -0.4 is 11.3 Å². The summed E-state index contributed by atoms with van der Waals surface area (Å²) in [5.74, 6) is 0.0770. The van der Waals surface area contributed by atoms with Crippen molar-refractivity contribution in [2.24, 2.45) is 0 Å². The van der Waals surface area contributed by atoms with Crippen LogP contribution in [0.5, 0.6) is 0 Å². The standard InChI is InChI=1S/C8H10IN5O2/c9-1-2-16-4-14-3-11-5-6(14)12-8(10)13-7(5)15/h3H,1-2,4H2,(H3,10,12,13,15). The van der Waals surface area contributed by atoms with Gasteiger partial charge >= 0.3 is 0 Å². The number of imidazole rings is 1. The van der Waals surface area contributed by atoms with Crippen molar-refractivity contribution in [1.29, 1.82) is 0 Å². The van der Waals surface area contributed by atoms with E-state index >= 15 is 0 Å². The fourth-order valence-electron chi connectivity index (χ4n) is 1.28. The highest BCUT2D eigenvalue weighted by Gasteiger charge is 2.08. The molecule has 0 aliphatic carbocycles. The Hall–Kier alpha value is -1.16. The number of aromatic nitrogens is 4. The number of rotatable bonds is 4. The molecule has 2 aromatic rings. The predicted molar refractivity (Wildman–Crippen MR) is 67.4 cm³/mol. The van der Waals surface area contributed by atoms with Crippen LogP contribution in [0.4, 0.5) is 5.95 Å². The predicted octanol–water partition coefficient (Wildman–Crippen LogP) is 0.111. The molecule has 0 aliphatic rings. The lowest BCUT2D eigenvalue weighted by molar-refractivity contribution is 0.0935. The van der Waals surface area contributed by atoms with Crippen molar-refractivity contribution < 1.29 is 4.74 Å². The highest BCUT2D eigenvalue weighted by Crippen LogP contribution is 2.06. The van der Waals surface area contributed by atoms with Gasteiger partial charge in [-0.3, -0.25) is 14.3 Å². The van der Waals surface area contributed by atoms with Crippen LogP contribution >= 0.6 is 22.6 Å². The Balaban J connectivity index is 2.36. The maximum absolute atomic E-state index is 11.4. The fraction of sp³-hybridized carbons (Fsp3) is 0.375. The first kappa shape index (κ1) is 11.3. The van der Waals surface area contributed by atoms with Crippen molar-refractivity contribution in [2.45, 2.75) is 6.73 Å². The first-order valence-electron chi connectivity index (χ1n) is 4.56. The van der Waals surface area contributed by atoms with Crippen LogP contribution in [0.25, 0.3) is 11.2 Å². The van der Waals surface area contributed by atoms with Crippen LogP contribution in [0.2, 0.25) is 0 Å². The number of hydrogen-bond donors (Lipinski definition) is 2. The average molecular weight is 335 g/mol. The third-order valence-electron chi connectivity index (χ3n) is 1.94. The van der Waals surface area contributed by atoms with Gasteiger partial charge in [0.25, 0.3) is 5.56 Å². The van der Waals surface area contributed by atoms with Crippen molar-refractivity contribution >= 4 is 39.7 Å². The van der Waals surface area contributed by atoms with E-state index in [1.807, 2.05) is 0 Å². The van der Waals surface area contributed by atoms with Gasteiger partial charge in [-0.25, -0.2) is 4.98 Å². The second-order valence-electron chi connectivity index (χ2n) is 3.06. The molecular formula is C8H10IN5O2. The van der Waals surface area contributed by atoms with Gasteiger partial charge in [-0.05, 0) is 0 Å². The van der Waals surface area contributed by atoms with Gasteiger partial charge in [0.2, 0.25) is 5.95 Å². The number of ether oxygens (including phenoxy) is 1. The third kappa shape index (κ3) is 2.16. The normalized spacial score (nSPS) is 11.1. The Morgan fingerprint density at radius 1 is 1.62 bits per heavy atom. The van der Waals surface area contributed by atoms with Crippen molar-refractivity contribution in [3.05, 3.63) is 16.7 Å². The van der Waals surface area contributed by atoms with Crippen LogP contribution in [0.1, 0.15) is 0 Å². The van der Waals surface area contributed by atoms with Crippen LogP contribution in [-0.2, 0) is 11.5 Å². The molecule has 0 atom stereocenters. The molecule has 3 N–H and O–H groups in total. The van der Waals surface area contributed by atoms with Crippen LogP contribution in [0, 0.1) is 0 Å². The first-order chi connectivity index (χ1) is 7.72. The van der Waals surface area contributed by atoms with E-state index in [9.17, 15) is 4.79 Å². The molecule has 16 heavy (non-hydrogen) atoms. The SMILES string of the molecule is Nc1nc2c(ncn2COCCI)c(=O)[nH]1. The number of anilines is 1. The summed E-state index contributed by atoms with van der Waals surface area (Å²) in [6.45, 7) is 0.953. The molecule has 2 aromatic heterocycles. The number of halogens is 1. The second-order valence-corrected chi connectivity index (χ2v) is 4.14. The smallest absolute Gasteiger partial charge is 0.280 e. The maximum Gasteiger partial charge on any atom is 0.280 e. The zero-order valence-electron chi connectivity index (χ0n) is 8.31. The first-order valence-corrected chi connectivity index (χ1v) is 6.09. The highest BCUT2D eigenvalue weighted by molar-refractivity contribution is 14.1. The topological polar surface area (TPSA) is 98.8 Å². The lowest BCUT2D eigenvalue weighted by Gasteiger charge is -2.03. The van der Waals surface area contributed by atoms with Gasteiger partial charge in [-0.1, -0.05) is 22.6 Å².